The molecule has 0 aliphatic rings. The van der Waals surface area contributed by atoms with E-state index in [9.17, 15) is 0 Å². The van der Waals surface area contributed by atoms with Gasteiger partial charge in [-0.25, -0.2) is 0 Å². The predicted molar refractivity (Wildman–Crippen MR) is 31.9 cm³/mol. The maximum absolute atomic E-state index is 7.13. The number of thiocarbonyl (C=S) groups is 2. The van der Waals surface area contributed by atoms with Gasteiger partial charge < -0.3 is 10.8 Å². The quantitative estimate of drug-likeness (QED) is 0.411. The molecule has 0 spiro atoms. The molecule has 0 atom stereocenters. The van der Waals surface area contributed by atoms with Crippen LogP contribution in [0.5, 0.6) is 0 Å². The summed E-state index contributed by atoms with van der Waals surface area (Å²) in [6.45, 7) is 0. The molecule has 2 nitrogen and oxygen atoms in total. The van der Waals surface area contributed by atoms with Crippen LogP contribution in [0.2, 0.25) is 0 Å². The maximum atomic E-state index is 7.13. The van der Waals surface area contributed by atoms with Gasteiger partial charge in [0.25, 0.3) is 0 Å². The fourth-order valence-electron chi connectivity index (χ4n) is 0. The second-order valence-electron chi connectivity index (χ2n) is 0.183. The van der Waals surface area contributed by atoms with E-state index in [1.165, 1.54) is 10.3 Å². The molecule has 0 aromatic rings. The molecule has 7 heavy (non-hydrogen) atoms. The van der Waals surface area contributed by atoms with Crippen LogP contribution in [0.4, 0.5) is 0 Å². The summed E-state index contributed by atoms with van der Waals surface area (Å²) in [5.41, 5.74) is 0. The smallest absolute Gasteiger partial charge is 0 e. The standard InChI is InChI=1S/2CNS.Co/c2*2-1-3;/q2*-1;. The normalized spacial score (nSPS) is 2.29. The Balaban J connectivity index is -0.0000000400. The first kappa shape index (κ1) is 15.7. The van der Waals surface area contributed by atoms with E-state index in [2.05, 4.69) is 24.4 Å². The van der Waals surface area contributed by atoms with Gasteiger partial charge in [-0.1, -0.05) is 24.4 Å². The molecule has 0 N–H and O–H groups in total. The molecule has 0 aromatic heterocycles. The van der Waals surface area contributed by atoms with Crippen molar-refractivity contribution in [3.63, 3.8) is 0 Å². The molecule has 0 aliphatic carbocycles. The second-order valence-corrected chi connectivity index (χ2v) is 0.548. The van der Waals surface area contributed by atoms with Gasteiger partial charge >= 0.3 is 0 Å². The van der Waals surface area contributed by atoms with E-state index in [-0.39, 0.29) is 16.8 Å². The van der Waals surface area contributed by atoms with Gasteiger partial charge in [-0.15, -0.1) is 0 Å². The van der Waals surface area contributed by atoms with Crippen molar-refractivity contribution in [1.29, 1.82) is 0 Å². The third-order valence-electron chi connectivity index (χ3n) is 0. The van der Waals surface area contributed by atoms with Crippen molar-refractivity contribution < 1.29 is 16.8 Å². The Hall–Kier alpha value is 0.106. The van der Waals surface area contributed by atoms with Crippen LogP contribution < -0.4 is 0 Å². The first-order valence-electron chi connectivity index (χ1n) is 0.855. The fourth-order valence-corrected chi connectivity index (χ4v) is 0. The minimum Gasteiger partial charge on any atom is -0.753 e. The minimum atomic E-state index is 0. The van der Waals surface area contributed by atoms with Crippen molar-refractivity contribution >= 4 is 34.8 Å². The van der Waals surface area contributed by atoms with Crippen LogP contribution >= 0.6 is 24.4 Å². The third-order valence-corrected chi connectivity index (χ3v) is 0. The zero-order valence-corrected chi connectivity index (χ0v) is 5.72. The molecule has 0 aromatic carbocycles. The molecule has 0 aliphatic heterocycles. The molecule has 0 fully saturated rings. The van der Waals surface area contributed by atoms with E-state index in [1.807, 2.05) is 0 Å². The number of hydrogen-bond donors (Lipinski definition) is 0. The van der Waals surface area contributed by atoms with Crippen molar-refractivity contribution in [2.24, 2.45) is 0 Å². The number of hydrogen-bond acceptors (Lipinski definition) is 2. The van der Waals surface area contributed by atoms with E-state index in [1.54, 1.807) is 0 Å². The molecule has 0 saturated heterocycles. The van der Waals surface area contributed by atoms with Gasteiger partial charge in [-0.05, 0) is 0 Å². The van der Waals surface area contributed by atoms with Crippen LogP contribution in [0.15, 0.2) is 0 Å². The summed E-state index contributed by atoms with van der Waals surface area (Å²) in [5.74, 6) is 0. The molecular formula is C2CoN2S2-2. The van der Waals surface area contributed by atoms with Crippen LogP contribution in [0.1, 0.15) is 0 Å². The van der Waals surface area contributed by atoms with Gasteiger partial charge in [-0.3, -0.25) is 0 Å². The van der Waals surface area contributed by atoms with Gasteiger partial charge in [0.05, 0.1) is 0 Å². The van der Waals surface area contributed by atoms with Crippen molar-refractivity contribution in [1.82, 2.24) is 0 Å². The van der Waals surface area contributed by atoms with Gasteiger partial charge in [0.1, 0.15) is 0 Å². The van der Waals surface area contributed by atoms with Crippen LogP contribution in [-0.4, -0.2) is 10.3 Å². The Morgan fingerprint density at radius 3 is 1.00 bits per heavy atom. The summed E-state index contributed by atoms with van der Waals surface area (Å²) in [6.07, 6.45) is 0. The van der Waals surface area contributed by atoms with Gasteiger partial charge in [0, 0.05) is 16.8 Å². The van der Waals surface area contributed by atoms with Crippen LogP contribution in [0.3, 0.4) is 0 Å². The predicted octanol–water partition coefficient (Wildman–Crippen LogP) is 1.31. The Bertz CT molecular complexity index is 67.7. The minimum absolute atomic E-state index is 0. The Morgan fingerprint density at radius 2 is 1.00 bits per heavy atom. The molecule has 41 valence electrons. The molecule has 0 saturated carbocycles. The second kappa shape index (κ2) is 35.9. The molecule has 0 rings (SSSR count). The van der Waals surface area contributed by atoms with E-state index >= 15 is 0 Å². The Labute approximate surface area is 62.5 Å². The average Bonchev–Trinajstić information content (AvgIpc) is 1.39. The topological polar surface area (TPSA) is 44.6 Å². The molecule has 1 radical (unpaired) electrons. The van der Waals surface area contributed by atoms with Crippen LogP contribution in [0, 0.1) is 0 Å². The van der Waals surface area contributed by atoms with E-state index in [0.29, 0.717) is 0 Å². The largest absolute Gasteiger partial charge is 0.753 e. The number of isothiocyanates is 2. The summed E-state index contributed by atoms with van der Waals surface area (Å²) < 4.78 is 0. The summed E-state index contributed by atoms with van der Waals surface area (Å²) in [5, 5.41) is 16.9. The summed E-state index contributed by atoms with van der Waals surface area (Å²) >= 11 is 7.40. The SMILES string of the molecule is [Co].[N-]=C=S.[N-]=C=S. The van der Waals surface area contributed by atoms with Crippen molar-refractivity contribution in [2.45, 2.75) is 0 Å². The summed E-state index contributed by atoms with van der Waals surface area (Å²) in [7, 11) is 0. The maximum Gasteiger partial charge on any atom is 0 e. The van der Waals surface area contributed by atoms with Crippen molar-refractivity contribution in [3.8, 4) is 0 Å². The molecule has 0 amide bonds. The van der Waals surface area contributed by atoms with Crippen molar-refractivity contribution in [3.05, 3.63) is 10.8 Å². The number of rotatable bonds is 0. The molecule has 0 heterocycles. The van der Waals surface area contributed by atoms with Crippen LogP contribution in [-0.2, 0) is 16.8 Å². The Morgan fingerprint density at radius 1 is 1.00 bits per heavy atom. The molecular weight excluding hydrogens is 175 g/mol. The first-order chi connectivity index (χ1) is 2.83. The van der Waals surface area contributed by atoms with Gasteiger partial charge in [-0.2, -0.15) is 10.3 Å². The van der Waals surface area contributed by atoms with E-state index in [0.717, 1.165) is 0 Å². The number of nitrogens with zero attached hydrogens (tertiary/aromatic N) is 2. The van der Waals surface area contributed by atoms with Gasteiger partial charge in [0.15, 0.2) is 0 Å². The van der Waals surface area contributed by atoms with Crippen LogP contribution in [0.25, 0.3) is 10.8 Å². The first-order valence-corrected chi connectivity index (χ1v) is 1.67. The summed E-state index contributed by atoms with van der Waals surface area (Å²) in [6, 6.07) is 0. The van der Waals surface area contributed by atoms with E-state index in [4.69, 9.17) is 10.8 Å². The van der Waals surface area contributed by atoms with Crippen molar-refractivity contribution in [2.75, 3.05) is 0 Å². The van der Waals surface area contributed by atoms with Gasteiger partial charge in [0.2, 0.25) is 0 Å². The molecule has 0 unspecified atom stereocenters. The fraction of sp³-hybridized carbons (Fsp3) is 0. The third kappa shape index (κ3) is 9080. The average molecular weight is 175 g/mol. The zero-order chi connectivity index (χ0) is 5.41. The monoisotopic (exact) mass is 175 g/mol. The zero-order valence-electron chi connectivity index (χ0n) is 3.04. The molecule has 0 bridgehead atoms. The Kier molecular flexibility index (Phi) is 80.6. The summed E-state index contributed by atoms with van der Waals surface area (Å²) in [4.78, 5) is 0. The van der Waals surface area contributed by atoms with E-state index < -0.39 is 0 Å². The molecule has 5 heteroatoms.